The van der Waals surface area contributed by atoms with E-state index in [0.29, 0.717) is 12.8 Å². The maximum absolute atomic E-state index is 15.3. The first-order valence-electron chi connectivity index (χ1n) is 32.0. The minimum Gasteiger partial charge on any atom is -0.393 e. The first-order valence-corrected chi connectivity index (χ1v) is 32.0. The second-order valence-corrected chi connectivity index (χ2v) is 27.9. The van der Waals surface area contributed by atoms with Crippen LogP contribution < -0.4 is 5.32 Å². The van der Waals surface area contributed by atoms with Crippen LogP contribution >= 0.6 is 0 Å². The van der Waals surface area contributed by atoms with Crippen LogP contribution in [-0.2, 0) is 52.7 Å². The first kappa shape index (κ1) is 78.7. The molecule has 13 atom stereocenters. The summed E-state index contributed by atoms with van der Waals surface area (Å²) in [6.07, 6.45) is 0.338. The van der Waals surface area contributed by atoms with Crippen LogP contribution in [0.25, 0.3) is 0 Å². The lowest BCUT2D eigenvalue weighted by Gasteiger charge is -2.42. The molecule has 1 fully saturated rings. The molecule has 1 aliphatic rings. The molecule has 1 aliphatic heterocycles. The number of rotatable bonds is 16. The highest BCUT2D eigenvalue weighted by Gasteiger charge is 2.45. The molecule has 0 aromatic carbocycles. The highest BCUT2D eigenvalue weighted by molar-refractivity contribution is 5.99. The zero-order valence-electron chi connectivity index (χ0n) is 57.8. The predicted octanol–water partition coefficient (Wildman–Crippen LogP) is 7.01. The first-order chi connectivity index (χ1) is 39.6. The minimum absolute atomic E-state index is 0.0496. The van der Waals surface area contributed by atoms with E-state index in [0.717, 1.165) is 0 Å². The number of amides is 8. The van der Waals surface area contributed by atoms with Crippen molar-refractivity contribution in [2.24, 2.45) is 65.1 Å². The number of Topliss-reactive ketones (excluding diaryl/α,β-unsaturated/α-hetero) is 3. The molecular weight excluding hydrogens is 1100 g/mol. The maximum atomic E-state index is 15.3. The summed E-state index contributed by atoms with van der Waals surface area (Å²) in [4.78, 5) is 171. The molecule has 1 heterocycles. The van der Waals surface area contributed by atoms with Crippen LogP contribution in [0, 0.1) is 65.1 Å². The van der Waals surface area contributed by atoms with Gasteiger partial charge in [-0.25, -0.2) is 0 Å². The Morgan fingerprint density at radius 2 is 0.860 bits per heavy atom. The van der Waals surface area contributed by atoms with Gasteiger partial charge in [0.2, 0.25) is 47.3 Å². The van der Waals surface area contributed by atoms with Gasteiger partial charge in [0.1, 0.15) is 36.0 Å². The number of hydrogen-bond acceptors (Lipinski definition) is 12. The van der Waals surface area contributed by atoms with Crippen LogP contribution in [-0.4, -0.2) is 208 Å². The van der Waals surface area contributed by atoms with E-state index in [1.807, 2.05) is 83.1 Å². The molecule has 0 aliphatic carbocycles. The fourth-order valence-electron chi connectivity index (χ4n) is 12.0. The van der Waals surface area contributed by atoms with E-state index in [-0.39, 0.29) is 104 Å². The van der Waals surface area contributed by atoms with Gasteiger partial charge >= 0.3 is 0 Å². The second-order valence-electron chi connectivity index (χ2n) is 27.9. The van der Waals surface area contributed by atoms with Gasteiger partial charge < -0.3 is 44.7 Å². The molecule has 494 valence electrons. The number of likely N-dealkylation sites (N-methyl/N-ethyl adjacent to an activating group) is 7. The minimum atomic E-state index is -1.24. The summed E-state index contributed by atoms with van der Waals surface area (Å²) in [6.45, 7) is 32.4. The van der Waals surface area contributed by atoms with Crippen molar-refractivity contribution in [3.63, 3.8) is 0 Å². The molecule has 20 heteroatoms. The average molecular weight is 1220 g/mol. The summed E-state index contributed by atoms with van der Waals surface area (Å²) in [7, 11) is 10.4. The predicted molar refractivity (Wildman–Crippen MR) is 337 cm³/mol. The third-order valence-corrected chi connectivity index (χ3v) is 17.9. The van der Waals surface area contributed by atoms with E-state index in [1.54, 1.807) is 41.5 Å². The van der Waals surface area contributed by atoms with Crippen molar-refractivity contribution in [2.45, 2.75) is 237 Å². The summed E-state index contributed by atoms with van der Waals surface area (Å²) in [5.41, 5.74) is 0. The van der Waals surface area contributed by atoms with Crippen molar-refractivity contribution < 1.29 is 57.8 Å². The highest BCUT2D eigenvalue weighted by Crippen LogP contribution is 2.30. The largest absolute Gasteiger partial charge is 0.393 e. The summed E-state index contributed by atoms with van der Waals surface area (Å²) >= 11 is 0. The van der Waals surface area contributed by atoms with Gasteiger partial charge in [-0.2, -0.15) is 0 Å². The number of aliphatic hydroxyl groups excluding tert-OH is 1. The lowest BCUT2D eigenvalue weighted by Crippen LogP contribution is -2.62. The number of hydrogen-bond donors (Lipinski definition) is 2. The zero-order valence-corrected chi connectivity index (χ0v) is 57.8. The van der Waals surface area contributed by atoms with Crippen molar-refractivity contribution in [1.29, 1.82) is 0 Å². The van der Waals surface area contributed by atoms with Crippen molar-refractivity contribution in [2.75, 3.05) is 55.9 Å². The summed E-state index contributed by atoms with van der Waals surface area (Å²) in [5, 5.41) is 13.7. The second kappa shape index (κ2) is 35.7. The van der Waals surface area contributed by atoms with Crippen molar-refractivity contribution in [1.82, 2.24) is 39.6 Å². The topological polar surface area (TPSA) is 243 Å². The van der Waals surface area contributed by atoms with Crippen LogP contribution in [0.5, 0.6) is 0 Å². The molecule has 0 spiro atoms. The molecule has 8 amide bonds. The molecule has 20 nitrogen and oxygen atoms in total. The van der Waals surface area contributed by atoms with Crippen LogP contribution in [0.15, 0.2) is 0 Å². The molecule has 0 aromatic rings. The molecule has 0 aromatic heterocycles. The Morgan fingerprint density at radius 1 is 0.453 bits per heavy atom. The van der Waals surface area contributed by atoms with Crippen molar-refractivity contribution in [3.8, 4) is 0 Å². The lowest BCUT2D eigenvalue weighted by molar-refractivity contribution is -0.156. The molecule has 86 heavy (non-hydrogen) atoms. The Morgan fingerprint density at radius 3 is 1.30 bits per heavy atom. The quantitative estimate of drug-likeness (QED) is 0.159. The fourth-order valence-corrected chi connectivity index (χ4v) is 12.0. The molecular formula is C66H118N8O12. The molecule has 0 saturated carbocycles. The number of ketones is 3. The standard InChI is InChI=1S/C66H118N8O12/c1-26-47(75)32-43(15)46(18)59-60(80)67-49(27-2)63(83)68(19)36-57(79)69(20)50(28-37(3)4)56(78)35-48(41(11)12)62(82)70(21)51(29-38(5)6)55(77)33-44(16)54(76)34-45(17)61(81)71(22)52(30-39(7)8)64(84)72(23)53(31-40(9)10)65(85)73(24)58(42(13)14)66(86)74(59)25/h37-53,58-59,75H,26-36H2,1-25H3,(H,67,80)/t43-,44-,45+,46-,47?,48+,49+,50+,51+,52+,53+,58+,59+/m1/s1. The Labute approximate surface area is 518 Å². The van der Waals surface area contributed by atoms with Crippen molar-refractivity contribution >= 4 is 64.6 Å². The van der Waals surface area contributed by atoms with Crippen LogP contribution in [0.2, 0.25) is 0 Å². The van der Waals surface area contributed by atoms with Crippen molar-refractivity contribution in [3.05, 3.63) is 0 Å². The number of aliphatic hydroxyl groups is 1. The normalized spacial score (nSPS) is 27.3. The monoisotopic (exact) mass is 1210 g/mol. The van der Waals surface area contributed by atoms with E-state index in [2.05, 4.69) is 5.32 Å². The third-order valence-electron chi connectivity index (χ3n) is 17.9. The molecule has 1 rings (SSSR count). The van der Waals surface area contributed by atoms with Crippen LogP contribution in [0.3, 0.4) is 0 Å². The van der Waals surface area contributed by atoms with Gasteiger partial charge in [0.25, 0.3) is 0 Å². The Balaban J connectivity index is 4.34. The molecule has 0 bridgehead atoms. The number of carbonyl (C=O) groups is 11. The van der Waals surface area contributed by atoms with Gasteiger partial charge in [-0.3, -0.25) is 52.7 Å². The smallest absolute Gasteiger partial charge is 0.246 e. The summed E-state index contributed by atoms with van der Waals surface area (Å²) < 4.78 is 0. The van der Waals surface area contributed by atoms with Gasteiger partial charge in [0.05, 0.1) is 24.7 Å². The van der Waals surface area contributed by atoms with Gasteiger partial charge in [-0.05, 0) is 92.3 Å². The van der Waals surface area contributed by atoms with Crippen LogP contribution in [0.1, 0.15) is 189 Å². The van der Waals surface area contributed by atoms with Gasteiger partial charge in [0.15, 0.2) is 11.6 Å². The van der Waals surface area contributed by atoms with E-state index >= 15 is 19.2 Å². The van der Waals surface area contributed by atoms with E-state index in [4.69, 9.17) is 0 Å². The lowest BCUT2D eigenvalue weighted by atomic mass is 9.83. The van der Waals surface area contributed by atoms with Gasteiger partial charge in [-0.1, -0.05) is 125 Å². The highest BCUT2D eigenvalue weighted by atomic mass is 16.3. The third kappa shape index (κ3) is 22.1. The summed E-state index contributed by atoms with van der Waals surface area (Å²) in [5.74, 6) is -10.3. The number of nitrogens with one attached hydrogen (secondary N) is 1. The Hall–Kier alpha value is -5.27. The SMILES string of the molecule is CCC(O)C[C@@H](C)[C@@H](C)[C@H]1C(=O)N[C@@H](CC)C(=O)N(C)CC(=O)N(C)[C@@H](CC(C)C)C(=O)C[C@@H](C(C)C)C(=O)N(C)[C@@H](CC(C)C)C(=O)C[C@@H](C)C(=O)C[C@H](C)C(=O)N(C)[C@@H](CC(C)C)C(=O)N(C)[C@@H](CC(C)C)C(=O)N(C)[C@@H](C(C)C)C(=O)N1C. The average Bonchev–Trinajstić information content (AvgIpc) is 1.23. The fraction of sp³-hybridized carbons (Fsp3) is 0.833. The zero-order chi connectivity index (χ0) is 66.8. The maximum Gasteiger partial charge on any atom is 0.246 e. The van der Waals surface area contributed by atoms with Crippen LogP contribution in [0.4, 0.5) is 0 Å². The summed E-state index contributed by atoms with van der Waals surface area (Å²) in [6, 6.07) is -7.69. The van der Waals surface area contributed by atoms with E-state index in [9.17, 15) is 38.7 Å². The van der Waals surface area contributed by atoms with Gasteiger partial charge in [-0.15, -0.1) is 0 Å². The number of nitrogens with zero attached hydrogens (tertiary/aromatic N) is 7. The van der Waals surface area contributed by atoms with E-state index < -0.39 is 132 Å². The van der Waals surface area contributed by atoms with E-state index in [1.165, 1.54) is 83.6 Å². The molecule has 1 saturated heterocycles. The molecule has 0 radical (unpaired) electrons. The molecule has 1 unspecified atom stereocenters. The Kier molecular flexibility index (Phi) is 32.6. The molecule has 2 N–H and O–H groups in total. The Bertz CT molecular complexity index is 2300. The number of carbonyl (C=O) groups excluding carboxylic acids is 11. The van der Waals surface area contributed by atoms with Gasteiger partial charge in [0, 0.05) is 86.3 Å².